The summed E-state index contributed by atoms with van der Waals surface area (Å²) in [6, 6.07) is 0. The molecule has 70 valence electrons. The zero-order valence-electron chi connectivity index (χ0n) is 4.91. The first-order chi connectivity index (χ1) is 4.66. The van der Waals surface area contributed by atoms with Crippen LogP contribution in [0.1, 0.15) is 0 Å². The van der Waals surface area contributed by atoms with Crippen molar-refractivity contribution in [3.8, 4) is 0 Å². The van der Waals surface area contributed by atoms with Gasteiger partial charge in [0.25, 0.3) is 0 Å². The standard InChI is InChI=1S/CHF3O3S.CH4S2/c2-1(3,4)8(5,6)7;2-1-3/h(H,5,6,7);2-3H,1H2. The highest BCUT2D eigenvalue weighted by molar-refractivity contribution is 7.98. The highest BCUT2D eigenvalue weighted by atomic mass is 32.2. The lowest BCUT2D eigenvalue weighted by molar-refractivity contribution is -0.0510. The van der Waals surface area contributed by atoms with Crippen LogP contribution in [0.25, 0.3) is 0 Å². The fourth-order valence-corrected chi connectivity index (χ4v) is 0. The molecular weight excluding hydrogens is 225 g/mol. The van der Waals surface area contributed by atoms with E-state index in [1.807, 2.05) is 0 Å². The van der Waals surface area contributed by atoms with Gasteiger partial charge in [-0.2, -0.15) is 46.8 Å². The summed E-state index contributed by atoms with van der Waals surface area (Å²) in [5.41, 5.74) is -5.53. The zero-order chi connectivity index (χ0) is 9.71. The molecule has 3 nitrogen and oxygen atoms in total. The van der Waals surface area contributed by atoms with Crippen molar-refractivity contribution in [2.24, 2.45) is 0 Å². The Kier molecular flexibility index (Phi) is 6.49. The summed E-state index contributed by atoms with van der Waals surface area (Å²) < 4.78 is 57.5. The van der Waals surface area contributed by atoms with Gasteiger partial charge in [-0.15, -0.1) is 0 Å². The summed E-state index contributed by atoms with van der Waals surface area (Å²) in [5, 5.41) is 0.639. The van der Waals surface area contributed by atoms with Gasteiger partial charge in [-0.25, -0.2) is 0 Å². The minimum absolute atomic E-state index is 0.639. The number of alkyl halides is 3. The van der Waals surface area contributed by atoms with Gasteiger partial charge in [-0.05, 0) is 0 Å². The third-order valence-electron chi connectivity index (χ3n) is 0.292. The summed E-state index contributed by atoms with van der Waals surface area (Å²) in [7, 11) is -5.84. The van der Waals surface area contributed by atoms with Gasteiger partial charge in [-0.1, -0.05) is 0 Å². The Morgan fingerprint density at radius 2 is 1.36 bits per heavy atom. The summed E-state index contributed by atoms with van der Waals surface area (Å²) in [4.78, 5) is 0. The first-order valence-corrected chi connectivity index (χ1v) is 4.62. The third-order valence-corrected chi connectivity index (χ3v) is 0.877. The number of thiol groups is 2. The van der Waals surface area contributed by atoms with Crippen LogP contribution in [0.15, 0.2) is 0 Å². The van der Waals surface area contributed by atoms with Crippen molar-refractivity contribution in [3.05, 3.63) is 0 Å². The minimum Gasteiger partial charge on any atom is -0.279 e. The summed E-state index contributed by atoms with van der Waals surface area (Å²) in [5.74, 6) is 0. The molecule has 0 unspecified atom stereocenters. The Morgan fingerprint density at radius 1 is 1.27 bits per heavy atom. The summed E-state index contributed by atoms with van der Waals surface area (Å²) in [6.45, 7) is 0. The van der Waals surface area contributed by atoms with E-state index < -0.39 is 15.6 Å². The van der Waals surface area contributed by atoms with Gasteiger partial charge < -0.3 is 0 Å². The van der Waals surface area contributed by atoms with Crippen LogP contribution < -0.4 is 0 Å². The molecular formula is C2H5F3O3S3. The molecule has 0 atom stereocenters. The van der Waals surface area contributed by atoms with E-state index in [9.17, 15) is 13.2 Å². The van der Waals surface area contributed by atoms with Gasteiger partial charge in [-0.3, -0.25) is 4.55 Å². The van der Waals surface area contributed by atoms with Gasteiger partial charge in [0.05, 0.1) is 0 Å². The molecule has 0 saturated heterocycles. The number of hydrogen-bond acceptors (Lipinski definition) is 4. The second kappa shape index (κ2) is 5.12. The molecule has 1 N–H and O–H groups in total. The average Bonchev–Trinajstić information content (AvgIpc) is 1.60. The molecule has 0 heterocycles. The van der Waals surface area contributed by atoms with Crippen molar-refractivity contribution in [1.29, 1.82) is 0 Å². The van der Waals surface area contributed by atoms with Crippen LogP contribution in [-0.2, 0) is 10.1 Å². The Hall–Kier alpha value is 0.400. The molecule has 9 heteroatoms. The van der Waals surface area contributed by atoms with E-state index in [4.69, 9.17) is 13.0 Å². The van der Waals surface area contributed by atoms with Crippen LogP contribution in [0.3, 0.4) is 0 Å². The van der Waals surface area contributed by atoms with Gasteiger partial charge >= 0.3 is 15.6 Å². The second-order valence-electron chi connectivity index (χ2n) is 1.06. The van der Waals surface area contributed by atoms with Crippen LogP contribution in [-0.4, -0.2) is 23.6 Å². The molecule has 0 amide bonds. The number of hydrogen-bond donors (Lipinski definition) is 3. The molecule has 0 spiro atoms. The topological polar surface area (TPSA) is 54.4 Å². The predicted octanol–water partition coefficient (Wildman–Crippen LogP) is 1.20. The molecule has 11 heavy (non-hydrogen) atoms. The van der Waals surface area contributed by atoms with Crippen molar-refractivity contribution in [2.75, 3.05) is 5.08 Å². The van der Waals surface area contributed by atoms with Crippen LogP contribution in [0, 0.1) is 0 Å². The van der Waals surface area contributed by atoms with E-state index in [-0.39, 0.29) is 0 Å². The van der Waals surface area contributed by atoms with E-state index in [1.165, 1.54) is 0 Å². The van der Waals surface area contributed by atoms with Crippen molar-refractivity contribution in [2.45, 2.75) is 5.51 Å². The Bertz CT molecular complexity index is 182. The molecule has 0 aliphatic heterocycles. The summed E-state index contributed by atoms with van der Waals surface area (Å²) >= 11 is 7.31. The minimum atomic E-state index is -5.84. The first kappa shape index (κ1) is 14.0. The number of rotatable bonds is 0. The van der Waals surface area contributed by atoms with E-state index in [0.717, 1.165) is 0 Å². The average molecular weight is 230 g/mol. The maximum atomic E-state index is 10.7. The van der Waals surface area contributed by atoms with Gasteiger partial charge in [0.2, 0.25) is 0 Å². The molecule has 0 bridgehead atoms. The molecule has 0 aromatic rings. The molecule has 0 rings (SSSR count). The lowest BCUT2D eigenvalue weighted by Gasteiger charge is -1.97. The molecule has 0 aliphatic rings. The normalized spacial score (nSPS) is 11.8. The van der Waals surface area contributed by atoms with Gasteiger partial charge in [0.15, 0.2) is 0 Å². The van der Waals surface area contributed by atoms with Gasteiger partial charge in [0, 0.05) is 5.08 Å². The maximum Gasteiger partial charge on any atom is 0.522 e. The SMILES string of the molecule is O=S(=O)(O)C(F)(F)F.SCS. The maximum absolute atomic E-state index is 10.7. The molecule has 0 fully saturated rings. The zero-order valence-corrected chi connectivity index (χ0v) is 7.51. The van der Waals surface area contributed by atoms with Crippen molar-refractivity contribution in [3.63, 3.8) is 0 Å². The molecule has 0 aromatic carbocycles. The fourth-order valence-electron chi connectivity index (χ4n) is 0. The highest BCUT2D eigenvalue weighted by Gasteiger charge is 2.44. The van der Waals surface area contributed by atoms with Crippen LogP contribution in [0.2, 0.25) is 0 Å². The smallest absolute Gasteiger partial charge is 0.279 e. The summed E-state index contributed by atoms with van der Waals surface area (Å²) in [6.07, 6.45) is 0. The Morgan fingerprint density at radius 3 is 1.36 bits per heavy atom. The van der Waals surface area contributed by atoms with Gasteiger partial charge in [0.1, 0.15) is 0 Å². The Balaban J connectivity index is 0. The molecule has 0 radical (unpaired) electrons. The quantitative estimate of drug-likeness (QED) is 0.254. The molecule has 0 aliphatic carbocycles. The van der Waals surface area contributed by atoms with E-state index in [1.54, 1.807) is 0 Å². The van der Waals surface area contributed by atoms with E-state index >= 15 is 0 Å². The molecule has 0 aromatic heterocycles. The number of halogens is 3. The first-order valence-electron chi connectivity index (χ1n) is 1.92. The second-order valence-corrected chi connectivity index (χ2v) is 3.61. The van der Waals surface area contributed by atoms with Crippen molar-refractivity contribution < 1.29 is 26.1 Å². The van der Waals surface area contributed by atoms with Crippen LogP contribution in [0.5, 0.6) is 0 Å². The highest BCUT2D eigenvalue weighted by Crippen LogP contribution is 2.20. The lowest BCUT2D eigenvalue weighted by Crippen LogP contribution is -2.21. The fraction of sp³-hybridized carbons (Fsp3) is 1.00. The third kappa shape index (κ3) is 8.30. The van der Waals surface area contributed by atoms with Crippen molar-refractivity contribution >= 4 is 35.4 Å². The van der Waals surface area contributed by atoms with E-state index in [2.05, 4.69) is 25.3 Å². The lowest BCUT2D eigenvalue weighted by atomic mass is 11.6. The van der Waals surface area contributed by atoms with Crippen LogP contribution in [0.4, 0.5) is 13.2 Å². The van der Waals surface area contributed by atoms with Crippen LogP contribution >= 0.6 is 25.3 Å². The van der Waals surface area contributed by atoms with E-state index in [0.29, 0.717) is 5.08 Å². The molecule has 0 saturated carbocycles. The van der Waals surface area contributed by atoms with Crippen molar-refractivity contribution in [1.82, 2.24) is 0 Å². The predicted molar refractivity (Wildman–Crippen MR) is 40.4 cm³/mol. The Labute approximate surface area is 72.5 Å². The monoisotopic (exact) mass is 230 g/mol. The largest absolute Gasteiger partial charge is 0.522 e.